The fourth-order valence-corrected chi connectivity index (χ4v) is 3.27. The predicted molar refractivity (Wildman–Crippen MR) is 120 cm³/mol. The molecule has 0 bridgehead atoms. The third-order valence-electron chi connectivity index (χ3n) is 4.36. The first kappa shape index (κ1) is 25.6. The lowest BCUT2D eigenvalue weighted by Crippen LogP contribution is -2.42. The minimum absolute atomic E-state index is 0.0130. The maximum absolute atomic E-state index is 12.8. The molecule has 12 heteroatoms. The molecule has 0 radical (unpaired) electrons. The standard InChI is InChI=1S/C20H25ClN4O6S/c1-11(17-23-19(24-31-17)20(2,3)4)30-18(27)15(8-9-32-5)22-16(26)13-7-6-12(25(28)29)10-14(13)21/h6-7,10-11,15H,8-9H2,1-5H3,(H,22,26)/t11-,15-/m1/s1. The van der Waals surface area contributed by atoms with E-state index >= 15 is 0 Å². The van der Waals surface area contributed by atoms with Crippen molar-refractivity contribution in [3.63, 3.8) is 0 Å². The Bertz CT molecular complexity index is 991. The lowest BCUT2D eigenvalue weighted by Gasteiger charge is -2.19. The number of halogens is 1. The molecule has 2 aromatic rings. The highest BCUT2D eigenvalue weighted by Gasteiger charge is 2.29. The predicted octanol–water partition coefficient (Wildman–Crippen LogP) is 4.08. The molecule has 32 heavy (non-hydrogen) atoms. The first-order valence-corrected chi connectivity index (χ1v) is 11.5. The summed E-state index contributed by atoms with van der Waals surface area (Å²) in [5.41, 5.74) is -0.559. The molecule has 0 fully saturated rings. The van der Waals surface area contributed by atoms with Gasteiger partial charge in [0, 0.05) is 17.5 Å². The van der Waals surface area contributed by atoms with Gasteiger partial charge in [-0.3, -0.25) is 14.9 Å². The second kappa shape index (κ2) is 10.8. The molecule has 0 aliphatic heterocycles. The van der Waals surface area contributed by atoms with E-state index in [0.29, 0.717) is 18.0 Å². The van der Waals surface area contributed by atoms with E-state index in [1.54, 1.807) is 6.92 Å². The van der Waals surface area contributed by atoms with Crippen LogP contribution in [0.25, 0.3) is 0 Å². The van der Waals surface area contributed by atoms with Crippen LogP contribution in [0.1, 0.15) is 62.3 Å². The van der Waals surface area contributed by atoms with Gasteiger partial charge in [0.25, 0.3) is 17.5 Å². The van der Waals surface area contributed by atoms with Crippen molar-refractivity contribution in [2.75, 3.05) is 12.0 Å². The van der Waals surface area contributed by atoms with Crippen LogP contribution in [0.4, 0.5) is 5.69 Å². The Morgan fingerprint density at radius 2 is 2.06 bits per heavy atom. The summed E-state index contributed by atoms with van der Waals surface area (Å²) in [6, 6.07) is 2.52. The molecule has 1 aromatic heterocycles. The highest BCUT2D eigenvalue weighted by molar-refractivity contribution is 7.98. The molecule has 0 spiro atoms. The van der Waals surface area contributed by atoms with Crippen LogP contribution < -0.4 is 5.32 Å². The number of carbonyl (C=O) groups excluding carboxylic acids is 2. The van der Waals surface area contributed by atoms with Gasteiger partial charge in [0.15, 0.2) is 11.9 Å². The minimum atomic E-state index is -0.964. The Hall–Kier alpha value is -2.66. The van der Waals surface area contributed by atoms with Crippen LogP contribution in [0.2, 0.25) is 5.02 Å². The molecular formula is C20H25ClN4O6S. The van der Waals surface area contributed by atoms with Gasteiger partial charge in [-0.15, -0.1) is 0 Å². The summed E-state index contributed by atoms with van der Waals surface area (Å²) in [6.07, 6.45) is 1.36. The number of ether oxygens (including phenoxy) is 1. The number of benzene rings is 1. The van der Waals surface area contributed by atoms with Gasteiger partial charge in [0.1, 0.15) is 6.04 Å². The van der Waals surface area contributed by atoms with Gasteiger partial charge < -0.3 is 14.6 Å². The molecule has 2 rings (SSSR count). The van der Waals surface area contributed by atoms with E-state index in [1.165, 1.54) is 23.9 Å². The molecule has 1 N–H and O–H groups in total. The fraction of sp³-hybridized carbons (Fsp3) is 0.500. The van der Waals surface area contributed by atoms with E-state index in [1.807, 2.05) is 27.0 Å². The maximum atomic E-state index is 12.8. The number of nitrogens with one attached hydrogen (secondary N) is 1. The van der Waals surface area contributed by atoms with Gasteiger partial charge in [-0.25, -0.2) is 4.79 Å². The summed E-state index contributed by atoms with van der Waals surface area (Å²) in [6.45, 7) is 7.37. The number of amides is 1. The molecule has 0 unspecified atom stereocenters. The Kier molecular flexibility index (Phi) is 8.62. The van der Waals surface area contributed by atoms with Crippen molar-refractivity contribution in [2.45, 2.75) is 51.7 Å². The summed E-state index contributed by atoms with van der Waals surface area (Å²) < 4.78 is 10.7. The zero-order valence-corrected chi connectivity index (χ0v) is 20.0. The van der Waals surface area contributed by atoms with E-state index in [4.69, 9.17) is 20.9 Å². The van der Waals surface area contributed by atoms with Gasteiger partial charge in [-0.05, 0) is 31.4 Å². The van der Waals surface area contributed by atoms with Crippen molar-refractivity contribution in [1.82, 2.24) is 15.5 Å². The zero-order valence-electron chi connectivity index (χ0n) is 18.4. The Morgan fingerprint density at radius 1 is 1.38 bits per heavy atom. The van der Waals surface area contributed by atoms with Crippen LogP contribution in [0, 0.1) is 10.1 Å². The molecule has 1 heterocycles. The number of non-ortho nitro benzene ring substituents is 1. The molecule has 0 saturated carbocycles. The number of carbonyl (C=O) groups is 2. The highest BCUT2D eigenvalue weighted by atomic mass is 35.5. The van der Waals surface area contributed by atoms with E-state index in [9.17, 15) is 19.7 Å². The number of nitrogens with zero attached hydrogens (tertiary/aromatic N) is 3. The molecule has 2 atom stereocenters. The van der Waals surface area contributed by atoms with Crippen molar-refractivity contribution in [3.05, 3.63) is 50.6 Å². The highest BCUT2D eigenvalue weighted by Crippen LogP contribution is 2.24. The summed E-state index contributed by atoms with van der Waals surface area (Å²) in [5.74, 6) is -0.106. The third kappa shape index (κ3) is 6.67. The number of nitro benzene ring substituents is 1. The SMILES string of the molecule is CSCC[C@@H](NC(=O)c1ccc([N+](=O)[O-])cc1Cl)C(=O)O[C@H](C)c1nc(C(C)(C)C)no1. The van der Waals surface area contributed by atoms with Crippen LogP contribution in [-0.4, -0.2) is 45.0 Å². The Morgan fingerprint density at radius 3 is 2.59 bits per heavy atom. The number of nitro groups is 1. The molecule has 174 valence electrons. The summed E-state index contributed by atoms with van der Waals surface area (Å²) in [4.78, 5) is 40.0. The molecule has 10 nitrogen and oxygen atoms in total. The van der Waals surface area contributed by atoms with Gasteiger partial charge in [-0.2, -0.15) is 16.7 Å². The average molecular weight is 485 g/mol. The number of thioether (sulfide) groups is 1. The fourth-order valence-electron chi connectivity index (χ4n) is 2.53. The van der Waals surface area contributed by atoms with Crippen molar-refractivity contribution in [1.29, 1.82) is 0 Å². The molecule has 0 saturated heterocycles. The second-order valence-electron chi connectivity index (χ2n) is 8.01. The van der Waals surface area contributed by atoms with Gasteiger partial charge in [-0.1, -0.05) is 37.5 Å². The molecule has 0 aliphatic carbocycles. The smallest absolute Gasteiger partial charge is 0.329 e. The minimum Gasteiger partial charge on any atom is -0.451 e. The monoisotopic (exact) mass is 484 g/mol. The van der Waals surface area contributed by atoms with E-state index in [0.717, 1.165) is 6.07 Å². The molecule has 0 aliphatic rings. The number of rotatable bonds is 9. The first-order chi connectivity index (χ1) is 14.9. The van der Waals surface area contributed by atoms with E-state index < -0.39 is 28.9 Å². The Balaban J connectivity index is 2.13. The zero-order chi connectivity index (χ0) is 24.1. The molecule has 1 aromatic carbocycles. The van der Waals surface area contributed by atoms with Crippen LogP contribution >= 0.6 is 23.4 Å². The van der Waals surface area contributed by atoms with Gasteiger partial charge in [0.05, 0.1) is 15.5 Å². The third-order valence-corrected chi connectivity index (χ3v) is 5.32. The summed E-state index contributed by atoms with van der Waals surface area (Å²) in [7, 11) is 0. The quantitative estimate of drug-likeness (QED) is 0.317. The number of hydrogen-bond donors (Lipinski definition) is 1. The first-order valence-electron chi connectivity index (χ1n) is 9.72. The Labute approximate surface area is 194 Å². The molecule has 1 amide bonds. The normalized spacial score (nSPS) is 13.3. The van der Waals surface area contributed by atoms with Crippen LogP contribution in [0.3, 0.4) is 0 Å². The van der Waals surface area contributed by atoms with Crippen LogP contribution in [0.15, 0.2) is 22.7 Å². The topological polar surface area (TPSA) is 137 Å². The van der Waals surface area contributed by atoms with Gasteiger partial charge >= 0.3 is 5.97 Å². The summed E-state index contributed by atoms with van der Waals surface area (Å²) in [5, 5.41) is 17.3. The van der Waals surface area contributed by atoms with Gasteiger partial charge in [0.2, 0.25) is 0 Å². The number of esters is 1. The van der Waals surface area contributed by atoms with Crippen molar-refractivity contribution < 1.29 is 23.8 Å². The van der Waals surface area contributed by atoms with Crippen molar-refractivity contribution in [2.24, 2.45) is 0 Å². The van der Waals surface area contributed by atoms with Crippen LogP contribution in [0.5, 0.6) is 0 Å². The van der Waals surface area contributed by atoms with Crippen molar-refractivity contribution in [3.8, 4) is 0 Å². The number of aromatic nitrogens is 2. The lowest BCUT2D eigenvalue weighted by atomic mass is 9.96. The lowest BCUT2D eigenvalue weighted by molar-refractivity contribution is -0.384. The maximum Gasteiger partial charge on any atom is 0.329 e. The largest absolute Gasteiger partial charge is 0.451 e. The molecular weight excluding hydrogens is 460 g/mol. The van der Waals surface area contributed by atoms with Crippen LogP contribution in [-0.2, 0) is 14.9 Å². The number of hydrogen-bond acceptors (Lipinski definition) is 9. The second-order valence-corrected chi connectivity index (χ2v) is 9.41. The summed E-state index contributed by atoms with van der Waals surface area (Å²) >= 11 is 7.52. The average Bonchev–Trinajstić information content (AvgIpc) is 3.21. The van der Waals surface area contributed by atoms with E-state index in [2.05, 4.69) is 15.5 Å². The van der Waals surface area contributed by atoms with Crippen molar-refractivity contribution >= 4 is 40.9 Å². The van der Waals surface area contributed by atoms with E-state index in [-0.39, 0.29) is 27.6 Å².